The SMILES string of the molecule is O=C1NC(C(F)(F)F)=C[C@H](C(=O)O)N1. The van der Waals surface area contributed by atoms with Crippen molar-refractivity contribution in [1.82, 2.24) is 10.6 Å². The topological polar surface area (TPSA) is 78.4 Å². The van der Waals surface area contributed by atoms with Gasteiger partial charge < -0.3 is 15.7 Å². The molecule has 5 nitrogen and oxygen atoms in total. The molecule has 1 aliphatic rings. The van der Waals surface area contributed by atoms with Crippen molar-refractivity contribution in [3.8, 4) is 0 Å². The molecule has 0 aromatic rings. The second-order valence-electron chi connectivity index (χ2n) is 2.49. The third kappa shape index (κ3) is 2.15. The fourth-order valence-electron chi connectivity index (χ4n) is 0.848. The van der Waals surface area contributed by atoms with E-state index in [0.29, 0.717) is 6.08 Å². The number of carboxylic acid groups (broad SMARTS) is 1. The van der Waals surface area contributed by atoms with Crippen LogP contribution in [0.4, 0.5) is 18.0 Å². The lowest BCUT2D eigenvalue weighted by molar-refractivity contribution is -0.138. The maximum absolute atomic E-state index is 12.0. The van der Waals surface area contributed by atoms with Crippen LogP contribution in [0.2, 0.25) is 0 Å². The molecule has 3 N–H and O–H groups in total. The number of alkyl halides is 3. The van der Waals surface area contributed by atoms with E-state index in [2.05, 4.69) is 0 Å². The van der Waals surface area contributed by atoms with Crippen LogP contribution < -0.4 is 10.6 Å². The second kappa shape index (κ2) is 3.20. The molecule has 0 spiro atoms. The van der Waals surface area contributed by atoms with Gasteiger partial charge in [0.25, 0.3) is 0 Å². The summed E-state index contributed by atoms with van der Waals surface area (Å²) in [5.41, 5.74) is -1.37. The number of nitrogens with one attached hydrogen (secondary N) is 2. The zero-order chi connectivity index (χ0) is 10.9. The maximum atomic E-state index is 12.0. The highest BCUT2D eigenvalue weighted by atomic mass is 19.4. The van der Waals surface area contributed by atoms with Crippen molar-refractivity contribution in [2.24, 2.45) is 0 Å². The molecule has 0 saturated carbocycles. The summed E-state index contributed by atoms with van der Waals surface area (Å²) in [6.07, 6.45) is -4.37. The molecule has 0 unspecified atom stereocenters. The lowest BCUT2D eigenvalue weighted by Gasteiger charge is -2.21. The number of aliphatic carboxylic acids is 1. The molecule has 0 aromatic heterocycles. The number of carboxylic acids is 1. The number of allylic oxidation sites excluding steroid dienone is 1. The molecular weight excluding hydrogens is 205 g/mol. The third-order valence-corrected chi connectivity index (χ3v) is 1.44. The minimum Gasteiger partial charge on any atom is -0.479 e. The third-order valence-electron chi connectivity index (χ3n) is 1.44. The van der Waals surface area contributed by atoms with Gasteiger partial charge in [0, 0.05) is 0 Å². The standard InChI is InChI=1S/C6H5F3N2O3/c7-6(8,9)3-1-2(4(12)13)10-5(14)11-3/h1-2H,(H,12,13)(H2,10,11,14)/t2-/m1/s1. The summed E-state index contributed by atoms with van der Waals surface area (Å²) < 4.78 is 36.1. The number of amides is 2. The zero-order valence-electron chi connectivity index (χ0n) is 6.55. The summed E-state index contributed by atoms with van der Waals surface area (Å²) in [5, 5.41) is 11.6. The van der Waals surface area contributed by atoms with Gasteiger partial charge in [-0.05, 0) is 6.08 Å². The summed E-state index contributed by atoms with van der Waals surface area (Å²) in [5.74, 6) is -1.55. The van der Waals surface area contributed by atoms with E-state index < -0.39 is 29.9 Å². The van der Waals surface area contributed by atoms with Gasteiger partial charge in [-0.15, -0.1) is 0 Å². The molecule has 2 amide bonds. The van der Waals surface area contributed by atoms with E-state index in [1.807, 2.05) is 0 Å². The number of hydrogen-bond acceptors (Lipinski definition) is 2. The Balaban J connectivity index is 2.96. The monoisotopic (exact) mass is 210 g/mol. The normalized spacial score (nSPS) is 22.1. The van der Waals surface area contributed by atoms with Gasteiger partial charge in [-0.2, -0.15) is 13.2 Å². The quantitative estimate of drug-likeness (QED) is 0.578. The van der Waals surface area contributed by atoms with Gasteiger partial charge in [0.05, 0.1) is 0 Å². The smallest absolute Gasteiger partial charge is 0.431 e. The van der Waals surface area contributed by atoms with Crippen LogP contribution in [0.5, 0.6) is 0 Å². The van der Waals surface area contributed by atoms with Gasteiger partial charge in [0.1, 0.15) is 11.7 Å². The first-order valence-electron chi connectivity index (χ1n) is 3.40. The minimum absolute atomic E-state index is 0.393. The number of hydrogen-bond donors (Lipinski definition) is 3. The van der Waals surface area contributed by atoms with Gasteiger partial charge in [-0.1, -0.05) is 0 Å². The van der Waals surface area contributed by atoms with E-state index in [9.17, 15) is 22.8 Å². The molecule has 1 atom stereocenters. The Hall–Kier alpha value is -1.73. The lowest BCUT2D eigenvalue weighted by atomic mass is 10.2. The van der Waals surface area contributed by atoms with Crippen LogP contribution in [0.3, 0.4) is 0 Å². The predicted octanol–water partition coefficient (Wildman–Crippen LogP) is 0.199. The fourth-order valence-corrected chi connectivity index (χ4v) is 0.848. The van der Waals surface area contributed by atoms with Crippen LogP contribution in [0.15, 0.2) is 11.8 Å². The van der Waals surface area contributed by atoms with Crippen LogP contribution in [-0.4, -0.2) is 29.3 Å². The van der Waals surface area contributed by atoms with Gasteiger partial charge >= 0.3 is 18.2 Å². The molecule has 0 aliphatic carbocycles. The summed E-state index contributed by atoms with van der Waals surface area (Å²) >= 11 is 0. The van der Waals surface area contributed by atoms with E-state index in [4.69, 9.17) is 5.11 Å². The van der Waals surface area contributed by atoms with Crippen molar-refractivity contribution in [3.05, 3.63) is 11.8 Å². The van der Waals surface area contributed by atoms with E-state index in [-0.39, 0.29) is 0 Å². The molecule has 0 fully saturated rings. The van der Waals surface area contributed by atoms with Gasteiger partial charge in [0.2, 0.25) is 0 Å². The highest BCUT2D eigenvalue weighted by Gasteiger charge is 2.39. The predicted molar refractivity (Wildman–Crippen MR) is 37.2 cm³/mol. The number of carbonyl (C=O) groups excluding carboxylic acids is 1. The molecule has 1 aliphatic heterocycles. The largest absolute Gasteiger partial charge is 0.479 e. The Morgan fingerprint density at radius 3 is 2.50 bits per heavy atom. The van der Waals surface area contributed by atoms with E-state index in [1.165, 1.54) is 5.32 Å². The average molecular weight is 210 g/mol. The Morgan fingerprint density at radius 2 is 2.07 bits per heavy atom. The van der Waals surface area contributed by atoms with Crippen molar-refractivity contribution in [2.45, 2.75) is 12.2 Å². The molecular formula is C6H5F3N2O3. The van der Waals surface area contributed by atoms with Crippen molar-refractivity contribution < 1.29 is 27.9 Å². The average Bonchev–Trinajstić information content (AvgIpc) is 2.01. The number of rotatable bonds is 1. The van der Waals surface area contributed by atoms with Crippen LogP contribution in [-0.2, 0) is 4.79 Å². The van der Waals surface area contributed by atoms with Crippen LogP contribution in [0.1, 0.15) is 0 Å². The van der Waals surface area contributed by atoms with E-state index >= 15 is 0 Å². The van der Waals surface area contributed by atoms with Gasteiger partial charge in [-0.3, -0.25) is 0 Å². The zero-order valence-corrected chi connectivity index (χ0v) is 6.55. The van der Waals surface area contributed by atoms with E-state index in [0.717, 1.165) is 0 Å². The first-order valence-corrected chi connectivity index (χ1v) is 3.40. The molecule has 1 heterocycles. The summed E-state index contributed by atoms with van der Waals surface area (Å²) in [4.78, 5) is 20.9. The molecule has 8 heteroatoms. The summed E-state index contributed by atoms with van der Waals surface area (Å²) in [6, 6.07) is -2.84. The van der Waals surface area contributed by atoms with Crippen molar-refractivity contribution in [3.63, 3.8) is 0 Å². The Bertz CT molecular complexity index is 310. The fraction of sp³-hybridized carbons (Fsp3) is 0.333. The van der Waals surface area contributed by atoms with Gasteiger partial charge in [-0.25, -0.2) is 9.59 Å². The molecule has 0 radical (unpaired) electrons. The minimum atomic E-state index is -4.76. The van der Waals surface area contributed by atoms with E-state index in [1.54, 1.807) is 5.32 Å². The van der Waals surface area contributed by atoms with Crippen molar-refractivity contribution in [1.29, 1.82) is 0 Å². The highest BCUT2D eigenvalue weighted by molar-refractivity contribution is 5.87. The Labute approximate surface area is 75.6 Å². The van der Waals surface area contributed by atoms with Crippen molar-refractivity contribution >= 4 is 12.0 Å². The second-order valence-corrected chi connectivity index (χ2v) is 2.49. The first kappa shape index (κ1) is 10.4. The molecule has 1 rings (SSSR count). The lowest BCUT2D eigenvalue weighted by Crippen LogP contribution is -2.51. The molecule has 0 bridgehead atoms. The number of urea groups is 1. The summed E-state index contributed by atoms with van der Waals surface area (Å²) in [7, 11) is 0. The Kier molecular flexibility index (Phi) is 2.37. The van der Waals surface area contributed by atoms with Crippen LogP contribution in [0, 0.1) is 0 Å². The first-order chi connectivity index (χ1) is 6.30. The highest BCUT2D eigenvalue weighted by Crippen LogP contribution is 2.24. The molecule has 78 valence electrons. The summed E-state index contributed by atoms with van der Waals surface area (Å²) in [6.45, 7) is 0. The maximum Gasteiger partial charge on any atom is 0.431 e. The van der Waals surface area contributed by atoms with Crippen molar-refractivity contribution in [2.75, 3.05) is 0 Å². The molecule has 14 heavy (non-hydrogen) atoms. The Morgan fingerprint density at radius 1 is 1.50 bits per heavy atom. The number of halogens is 3. The molecule has 0 aromatic carbocycles. The van der Waals surface area contributed by atoms with Gasteiger partial charge in [0.15, 0.2) is 0 Å². The van der Waals surface area contributed by atoms with Crippen LogP contribution in [0.25, 0.3) is 0 Å². The number of carbonyl (C=O) groups is 2. The van der Waals surface area contributed by atoms with Crippen LogP contribution >= 0.6 is 0 Å². The molecule has 0 saturated heterocycles.